The molecule has 1 nitrogen and oxygen atoms in total. The molecule has 4 rings (SSSR count). The number of fused-ring (bicyclic) bond motifs is 5. The second-order valence-corrected chi connectivity index (χ2v) is 13.2. The Balaban J connectivity index is 1.44. The maximum absolute atomic E-state index is 5.90. The number of hydrogen-bond acceptors (Lipinski definition) is 1. The van der Waals surface area contributed by atoms with E-state index in [-0.39, 0.29) is 0 Å². The van der Waals surface area contributed by atoms with Crippen molar-refractivity contribution in [3.05, 3.63) is 0 Å². The second kappa shape index (κ2) is 9.21. The number of hydrogen-bond donors (Lipinski definition) is 0. The summed E-state index contributed by atoms with van der Waals surface area (Å²) in [5, 5.41) is 1.81. The predicted molar refractivity (Wildman–Crippen MR) is 130 cm³/mol. The molecule has 9 atom stereocenters. The van der Waals surface area contributed by atoms with Crippen LogP contribution in [0.5, 0.6) is 0 Å². The van der Waals surface area contributed by atoms with Crippen molar-refractivity contribution in [1.82, 2.24) is 0 Å². The predicted octanol–water partition coefficient (Wildman–Crippen LogP) is 7.42. The first-order valence-electron chi connectivity index (χ1n) is 13.4. The molecular weight excluding hydrogens is 431 g/mol. The van der Waals surface area contributed by atoms with E-state index < -0.39 is 0 Å². The van der Waals surface area contributed by atoms with Crippen molar-refractivity contribution >= 4 is 20.7 Å². The molecule has 0 spiro atoms. The van der Waals surface area contributed by atoms with Crippen LogP contribution in [0.3, 0.4) is 0 Å². The number of ether oxygens (including phenoxy) is 1. The number of rotatable bonds is 7. The average molecular weight is 480 g/mol. The van der Waals surface area contributed by atoms with Gasteiger partial charge in [0.15, 0.2) is 0 Å². The molecule has 172 valence electrons. The van der Waals surface area contributed by atoms with Crippen LogP contribution in [0.1, 0.15) is 112 Å². The fourth-order valence-corrected chi connectivity index (χ4v) is 9.78. The molecule has 0 saturated heterocycles. The standard InChI is InChI=1S/C28H48OSe/c1-19(2)7-6-8-20(3)24-11-12-25-23-10-9-21-17-22(29-18-30)13-15-27(21,4)26(23)14-16-28(24,25)5/h18-26H,6-17H2,1-5H3/t20-,21-,22-,23-,24+,25-,26-,27-,28+/m0/s1. The van der Waals surface area contributed by atoms with E-state index in [1.165, 1.54) is 77.0 Å². The van der Waals surface area contributed by atoms with Crippen LogP contribution in [0.15, 0.2) is 0 Å². The summed E-state index contributed by atoms with van der Waals surface area (Å²) in [5.41, 5.74) is 1.22. The third kappa shape index (κ3) is 4.11. The molecule has 0 N–H and O–H groups in total. The monoisotopic (exact) mass is 480 g/mol. The molecule has 0 aromatic heterocycles. The quantitative estimate of drug-likeness (QED) is 0.345. The first-order chi connectivity index (χ1) is 14.3. The molecule has 4 saturated carbocycles. The third-order valence-electron chi connectivity index (χ3n) is 11.1. The van der Waals surface area contributed by atoms with Crippen molar-refractivity contribution in [2.75, 3.05) is 0 Å². The molecule has 0 bridgehead atoms. The van der Waals surface area contributed by atoms with Crippen LogP contribution in [0, 0.1) is 52.3 Å². The first-order valence-corrected chi connectivity index (χ1v) is 14.4. The Morgan fingerprint density at radius 2 is 1.63 bits per heavy atom. The molecule has 0 unspecified atom stereocenters. The Kier molecular flexibility index (Phi) is 7.17. The molecule has 2 heteroatoms. The van der Waals surface area contributed by atoms with Crippen molar-refractivity contribution < 1.29 is 4.74 Å². The van der Waals surface area contributed by atoms with Gasteiger partial charge in [-0.2, -0.15) is 0 Å². The van der Waals surface area contributed by atoms with Crippen LogP contribution in [0.25, 0.3) is 0 Å². The Hall–Kier alpha value is 0.189. The van der Waals surface area contributed by atoms with Gasteiger partial charge in [0.1, 0.15) is 0 Å². The van der Waals surface area contributed by atoms with Crippen LogP contribution in [-0.4, -0.2) is 26.8 Å². The van der Waals surface area contributed by atoms with Crippen LogP contribution in [0.4, 0.5) is 0 Å². The van der Waals surface area contributed by atoms with E-state index in [9.17, 15) is 0 Å². The van der Waals surface area contributed by atoms with Gasteiger partial charge in [-0.3, -0.25) is 0 Å². The molecular formula is C28H48OSe. The maximum atomic E-state index is 5.90. The summed E-state index contributed by atoms with van der Waals surface area (Å²) in [4.78, 5) is 0. The van der Waals surface area contributed by atoms with Gasteiger partial charge in [-0.15, -0.1) is 0 Å². The van der Waals surface area contributed by atoms with Gasteiger partial charge in [-0.25, -0.2) is 0 Å². The van der Waals surface area contributed by atoms with E-state index in [2.05, 4.69) is 50.2 Å². The first kappa shape index (κ1) is 23.4. The van der Waals surface area contributed by atoms with Gasteiger partial charge in [-0.05, 0) is 5.92 Å². The molecule has 4 fully saturated rings. The normalized spacial score (nSPS) is 46.6. The molecule has 0 aliphatic heterocycles. The van der Waals surface area contributed by atoms with Gasteiger partial charge >= 0.3 is 149 Å². The van der Waals surface area contributed by atoms with Gasteiger partial charge in [0.25, 0.3) is 0 Å². The summed E-state index contributed by atoms with van der Waals surface area (Å²) in [6.07, 6.45) is 17.8. The average Bonchev–Trinajstić information content (AvgIpc) is 3.05. The van der Waals surface area contributed by atoms with E-state index in [0.29, 0.717) is 16.9 Å². The van der Waals surface area contributed by atoms with Crippen molar-refractivity contribution in [3.63, 3.8) is 0 Å². The summed E-state index contributed by atoms with van der Waals surface area (Å²) in [6.45, 7) is 12.8. The van der Waals surface area contributed by atoms with E-state index in [1.807, 2.05) is 5.11 Å². The zero-order valence-electron chi connectivity index (χ0n) is 20.5. The molecule has 0 aromatic rings. The van der Waals surface area contributed by atoms with E-state index in [4.69, 9.17) is 4.74 Å². The minimum atomic E-state index is 0.470. The second-order valence-electron chi connectivity index (χ2n) is 12.8. The summed E-state index contributed by atoms with van der Waals surface area (Å²) < 4.78 is 5.90. The van der Waals surface area contributed by atoms with Crippen molar-refractivity contribution in [2.45, 2.75) is 118 Å². The zero-order valence-corrected chi connectivity index (χ0v) is 22.2. The van der Waals surface area contributed by atoms with Crippen LogP contribution in [0.2, 0.25) is 0 Å². The molecule has 4 aliphatic rings. The Labute approximate surface area is 195 Å². The summed E-state index contributed by atoms with van der Waals surface area (Å²) in [6, 6.07) is 0. The van der Waals surface area contributed by atoms with Crippen molar-refractivity contribution in [3.8, 4) is 0 Å². The van der Waals surface area contributed by atoms with Crippen LogP contribution in [-0.2, 0) is 4.74 Å². The molecule has 0 aromatic carbocycles. The molecule has 0 heterocycles. The zero-order chi connectivity index (χ0) is 21.5. The van der Waals surface area contributed by atoms with Gasteiger partial charge in [0.2, 0.25) is 0 Å². The minimum absolute atomic E-state index is 0.470. The molecule has 0 radical (unpaired) electrons. The van der Waals surface area contributed by atoms with Gasteiger partial charge in [0.05, 0.1) is 0 Å². The molecule has 30 heavy (non-hydrogen) atoms. The Morgan fingerprint density at radius 1 is 0.900 bits per heavy atom. The fraction of sp³-hybridized carbons (Fsp3) is 0.964. The fourth-order valence-electron chi connectivity index (χ4n) is 9.45. The topological polar surface area (TPSA) is 9.23 Å². The summed E-state index contributed by atoms with van der Waals surface area (Å²) in [5.74, 6) is 6.69. The molecule has 0 amide bonds. The summed E-state index contributed by atoms with van der Waals surface area (Å²) >= 11 is 2.93. The van der Waals surface area contributed by atoms with Gasteiger partial charge < -0.3 is 0 Å². The van der Waals surface area contributed by atoms with E-state index in [1.54, 1.807) is 0 Å². The van der Waals surface area contributed by atoms with E-state index >= 15 is 0 Å². The van der Waals surface area contributed by atoms with Crippen LogP contribution >= 0.6 is 0 Å². The SMILES string of the molecule is CC(C)CCC[C@H](C)[C@H]1CC[C@H]2[C@@H]3CC[C@H]4C[C@@H](OC=[Se])CC[C@]4(C)[C@H]3CC[C@]12C. The van der Waals surface area contributed by atoms with Gasteiger partial charge in [0, 0.05) is 0 Å². The summed E-state index contributed by atoms with van der Waals surface area (Å²) in [7, 11) is 0. The Bertz CT molecular complexity index is 601. The third-order valence-corrected chi connectivity index (χ3v) is 11.3. The van der Waals surface area contributed by atoms with Crippen molar-refractivity contribution in [1.29, 1.82) is 0 Å². The molecule has 4 aliphatic carbocycles. The van der Waals surface area contributed by atoms with E-state index in [0.717, 1.165) is 41.4 Å². The van der Waals surface area contributed by atoms with Crippen LogP contribution < -0.4 is 0 Å². The van der Waals surface area contributed by atoms with Crippen molar-refractivity contribution in [2.24, 2.45) is 52.3 Å². The van der Waals surface area contributed by atoms with Gasteiger partial charge in [-0.1, -0.05) is 40.0 Å². The Morgan fingerprint density at radius 3 is 2.37 bits per heavy atom.